The Kier molecular flexibility index (Phi) is 12.4. The summed E-state index contributed by atoms with van der Waals surface area (Å²) >= 11 is 0. The van der Waals surface area contributed by atoms with Gasteiger partial charge in [0, 0.05) is 59.9 Å². The van der Waals surface area contributed by atoms with E-state index in [0.717, 1.165) is 58.0 Å². The fourth-order valence-corrected chi connectivity index (χ4v) is 7.30. The molecule has 0 radical (unpaired) electrons. The molecule has 0 bridgehead atoms. The number of fused-ring (bicyclic) bond motifs is 2. The van der Waals surface area contributed by atoms with Crippen molar-refractivity contribution in [2.75, 3.05) is 32.3 Å². The van der Waals surface area contributed by atoms with Crippen LogP contribution in [0, 0.1) is 0 Å². The van der Waals surface area contributed by atoms with Crippen LogP contribution in [0.25, 0.3) is 0 Å². The fraction of sp³-hybridized carbons (Fsp3) is 0.341. The number of carbonyl (C=O) groups excluding carboxylic acids is 3. The van der Waals surface area contributed by atoms with E-state index in [0.29, 0.717) is 19.4 Å². The molecule has 4 atom stereocenters. The maximum absolute atomic E-state index is 12.7. The summed E-state index contributed by atoms with van der Waals surface area (Å²) in [4.78, 5) is 41.9. The average molecular weight is 709 g/mol. The molecule has 0 aromatic heterocycles. The summed E-state index contributed by atoms with van der Waals surface area (Å²) in [7, 11) is 0. The van der Waals surface area contributed by atoms with Gasteiger partial charge in [0.25, 0.3) is 0 Å². The maximum atomic E-state index is 12.7. The zero-order valence-electron chi connectivity index (χ0n) is 29.8. The number of halogens is 1. The van der Waals surface area contributed by atoms with Crippen molar-refractivity contribution in [3.05, 3.63) is 114 Å². The molecule has 0 spiro atoms. The number of carbonyl (C=O) groups is 3. The second kappa shape index (κ2) is 16.9. The Labute approximate surface area is 307 Å². The second-order valence-electron chi connectivity index (χ2n) is 13.3. The summed E-state index contributed by atoms with van der Waals surface area (Å²) in [5, 5.41) is 13.5. The minimum absolute atomic E-state index is 0. The Bertz CT molecular complexity index is 1820. The molecule has 268 valence electrons. The van der Waals surface area contributed by atoms with Crippen LogP contribution in [0.1, 0.15) is 82.2 Å². The van der Waals surface area contributed by atoms with Gasteiger partial charge in [0.15, 0.2) is 0 Å². The molecule has 2 aliphatic heterocycles. The summed E-state index contributed by atoms with van der Waals surface area (Å²) in [6.45, 7) is 8.78. The van der Waals surface area contributed by atoms with Gasteiger partial charge in [-0.3, -0.25) is 14.4 Å². The van der Waals surface area contributed by atoms with E-state index in [-0.39, 0.29) is 60.8 Å². The first-order chi connectivity index (χ1) is 24.2. The van der Waals surface area contributed by atoms with Gasteiger partial charge in [-0.2, -0.15) is 0 Å². The fourth-order valence-electron chi connectivity index (χ4n) is 7.30. The molecule has 0 unspecified atom stereocenters. The van der Waals surface area contributed by atoms with Crippen molar-refractivity contribution in [3.8, 4) is 0 Å². The first-order valence-electron chi connectivity index (χ1n) is 17.8. The Hall–Kier alpha value is -4.86. The summed E-state index contributed by atoms with van der Waals surface area (Å²) < 4.78 is 0. The zero-order chi connectivity index (χ0) is 35.2. The van der Waals surface area contributed by atoms with Crippen molar-refractivity contribution in [2.24, 2.45) is 0 Å². The maximum Gasteiger partial charge on any atom is 0.238 e. The van der Waals surface area contributed by atoms with Crippen LogP contribution in [0.4, 0.5) is 28.4 Å². The zero-order valence-corrected chi connectivity index (χ0v) is 30.6. The minimum atomic E-state index is -0.111. The molecule has 2 aliphatic rings. The molecule has 0 aliphatic carbocycles. The average Bonchev–Trinajstić information content (AvgIpc) is 3.12. The number of para-hydroxylation sites is 2. The van der Waals surface area contributed by atoms with Gasteiger partial charge in [-0.05, 0) is 91.9 Å². The molecule has 51 heavy (non-hydrogen) atoms. The van der Waals surface area contributed by atoms with Crippen LogP contribution in [0.2, 0.25) is 0 Å². The van der Waals surface area contributed by atoms with E-state index in [4.69, 9.17) is 0 Å². The number of nitrogens with one attached hydrogen (secondary N) is 4. The standard InChI is InChI=1S/C41H48N6O3.ClH/c1-5-40(49)46-27(3)23-35(33-11-7-9-13-37(33)46)43-30-17-15-29(16-18-30)25-42-26-39(48)45-32-21-19-31(20-22-32)44-36-24-28(4)47(41(50)6-2)38-14-10-8-12-34(36)38;/h7-22,27-28,35-36,42-44H,5-6,23-26H2,1-4H3,(H,45,48);1H/t27-,28-,35+,36+;/m0./s1. The van der Waals surface area contributed by atoms with Gasteiger partial charge in [0.1, 0.15) is 0 Å². The lowest BCUT2D eigenvalue weighted by Gasteiger charge is -2.40. The lowest BCUT2D eigenvalue weighted by molar-refractivity contribution is -0.119. The molecule has 2 heterocycles. The third-order valence-electron chi connectivity index (χ3n) is 9.74. The molecule has 0 saturated carbocycles. The number of hydrogen-bond donors (Lipinski definition) is 4. The van der Waals surface area contributed by atoms with Gasteiger partial charge >= 0.3 is 0 Å². The Morgan fingerprint density at radius 1 is 0.627 bits per heavy atom. The number of rotatable bonds is 11. The summed E-state index contributed by atoms with van der Waals surface area (Å²) in [5.41, 5.74) is 7.99. The number of amides is 3. The topological polar surface area (TPSA) is 106 Å². The van der Waals surface area contributed by atoms with E-state index in [1.54, 1.807) is 0 Å². The van der Waals surface area contributed by atoms with E-state index in [1.165, 1.54) is 0 Å². The predicted molar refractivity (Wildman–Crippen MR) is 210 cm³/mol. The molecule has 4 aromatic rings. The molecule has 0 fully saturated rings. The highest BCUT2D eigenvalue weighted by molar-refractivity contribution is 5.96. The van der Waals surface area contributed by atoms with Crippen molar-refractivity contribution >= 4 is 58.6 Å². The molecule has 4 aromatic carbocycles. The van der Waals surface area contributed by atoms with Crippen molar-refractivity contribution < 1.29 is 14.4 Å². The van der Waals surface area contributed by atoms with Crippen molar-refractivity contribution in [1.29, 1.82) is 0 Å². The van der Waals surface area contributed by atoms with E-state index in [1.807, 2.05) is 84.3 Å². The Balaban J connectivity index is 0.00000504. The van der Waals surface area contributed by atoms with Crippen LogP contribution in [0.3, 0.4) is 0 Å². The van der Waals surface area contributed by atoms with Gasteiger partial charge < -0.3 is 31.1 Å². The van der Waals surface area contributed by atoms with Crippen molar-refractivity contribution in [2.45, 2.75) is 84.1 Å². The van der Waals surface area contributed by atoms with Gasteiger partial charge in [-0.1, -0.05) is 62.4 Å². The van der Waals surface area contributed by atoms with E-state index in [9.17, 15) is 14.4 Å². The van der Waals surface area contributed by atoms with Crippen molar-refractivity contribution in [1.82, 2.24) is 5.32 Å². The molecule has 4 N–H and O–H groups in total. The number of benzene rings is 4. The first kappa shape index (κ1) is 37.4. The number of anilines is 5. The summed E-state index contributed by atoms with van der Waals surface area (Å²) in [6.07, 6.45) is 2.60. The van der Waals surface area contributed by atoms with Crippen LogP contribution in [-0.4, -0.2) is 36.3 Å². The quantitative estimate of drug-likeness (QED) is 0.125. The van der Waals surface area contributed by atoms with Gasteiger partial charge in [0.2, 0.25) is 17.7 Å². The van der Waals surface area contributed by atoms with Gasteiger partial charge in [-0.25, -0.2) is 0 Å². The van der Waals surface area contributed by atoms with Crippen LogP contribution in [0.5, 0.6) is 0 Å². The van der Waals surface area contributed by atoms with E-state index < -0.39 is 0 Å². The summed E-state index contributed by atoms with van der Waals surface area (Å²) in [6, 6.07) is 32.7. The lowest BCUT2D eigenvalue weighted by Crippen LogP contribution is -2.44. The molecular weight excluding hydrogens is 660 g/mol. The highest BCUT2D eigenvalue weighted by Crippen LogP contribution is 2.40. The normalized spacial score (nSPS) is 19.2. The largest absolute Gasteiger partial charge is 0.378 e. The lowest BCUT2D eigenvalue weighted by atomic mass is 9.91. The SMILES string of the molecule is CCC(=O)N1c2ccccc2[C@H](Nc2ccc(CNCC(=O)Nc3ccc(N[C@@H]4C[C@H](C)N(C(=O)CC)c5ccccc54)cc3)cc2)C[C@@H]1C.Cl. The van der Waals surface area contributed by atoms with Crippen LogP contribution in [-0.2, 0) is 20.9 Å². The van der Waals surface area contributed by atoms with Gasteiger partial charge in [0.05, 0.1) is 18.6 Å². The second-order valence-corrected chi connectivity index (χ2v) is 13.3. The monoisotopic (exact) mass is 708 g/mol. The molecule has 6 rings (SSSR count). The summed E-state index contributed by atoms with van der Waals surface area (Å²) in [5.74, 6) is 0.177. The van der Waals surface area contributed by atoms with Crippen molar-refractivity contribution in [3.63, 3.8) is 0 Å². The van der Waals surface area contributed by atoms with Crippen LogP contribution in [0.15, 0.2) is 97.1 Å². The molecular formula is C41H49ClN6O3. The smallest absolute Gasteiger partial charge is 0.238 e. The molecule has 0 saturated heterocycles. The molecule has 10 heteroatoms. The number of nitrogens with zero attached hydrogens (tertiary/aromatic N) is 2. The van der Waals surface area contributed by atoms with Crippen LogP contribution >= 0.6 is 12.4 Å². The van der Waals surface area contributed by atoms with E-state index in [2.05, 4.69) is 71.5 Å². The molecule has 9 nitrogen and oxygen atoms in total. The highest BCUT2D eigenvalue weighted by Gasteiger charge is 2.34. The van der Waals surface area contributed by atoms with Crippen LogP contribution < -0.4 is 31.1 Å². The highest BCUT2D eigenvalue weighted by atomic mass is 35.5. The Morgan fingerprint density at radius 2 is 1.06 bits per heavy atom. The number of hydrogen-bond acceptors (Lipinski definition) is 6. The van der Waals surface area contributed by atoms with Gasteiger partial charge in [-0.15, -0.1) is 12.4 Å². The first-order valence-corrected chi connectivity index (χ1v) is 17.8. The Morgan fingerprint density at radius 3 is 1.53 bits per heavy atom. The molecule has 3 amide bonds. The predicted octanol–water partition coefficient (Wildman–Crippen LogP) is 8.21. The minimum Gasteiger partial charge on any atom is -0.378 e. The van der Waals surface area contributed by atoms with E-state index >= 15 is 0 Å². The third kappa shape index (κ3) is 8.55. The third-order valence-corrected chi connectivity index (χ3v) is 9.74.